The minimum Gasteiger partial charge on any atom is -0.468 e. The zero-order valence-corrected chi connectivity index (χ0v) is 15.2. The molecule has 24 heavy (non-hydrogen) atoms. The van der Waals surface area contributed by atoms with E-state index in [4.69, 9.17) is 9.72 Å². The Hall–Kier alpha value is -1.88. The van der Waals surface area contributed by atoms with Gasteiger partial charge in [-0.1, -0.05) is 17.8 Å². The molecule has 0 fully saturated rings. The molecule has 0 unspecified atom stereocenters. The second-order valence-electron chi connectivity index (χ2n) is 5.53. The van der Waals surface area contributed by atoms with E-state index in [0.717, 1.165) is 41.2 Å². The number of fused-ring (bicyclic) bond motifs is 1. The lowest BCUT2D eigenvalue weighted by Gasteiger charge is -2.27. The molecule has 0 aromatic carbocycles. The molecule has 7 heteroatoms. The summed E-state index contributed by atoms with van der Waals surface area (Å²) in [6.45, 7) is 1.73. The highest BCUT2D eigenvalue weighted by atomic mass is 32.2. The normalized spacial score (nSPS) is 14.0. The van der Waals surface area contributed by atoms with E-state index in [-0.39, 0.29) is 11.7 Å². The van der Waals surface area contributed by atoms with Gasteiger partial charge in [0.2, 0.25) is 0 Å². The number of nitrogens with zero attached hydrogens (tertiary/aromatic N) is 3. The first-order chi connectivity index (χ1) is 11.6. The maximum atomic E-state index is 11.5. The highest BCUT2D eigenvalue weighted by Gasteiger charge is 2.25. The van der Waals surface area contributed by atoms with E-state index in [0.29, 0.717) is 10.6 Å². The van der Waals surface area contributed by atoms with Crippen LogP contribution in [0.3, 0.4) is 0 Å². The van der Waals surface area contributed by atoms with E-state index in [1.807, 2.05) is 17.5 Å². The maximum absolute atomic E-state index is 11.5. The zero-order chi connectivity index (χ0) is 17.1. The zero-order valence-electron chi connectivity index (χ0n) is 13.5. The van der Waals surface area contributed by atoms with Crippen molar-refractivity contribution in [2.24, 2.45) is 0 Å². The van der Waals surface area contributed by atoms with Gasteiger partial charge in [0.25, 0.3) is 0 Å². The van der Waals surface area contributed by atoms with Crippen molar-refractivity contribution >= 4 is 29.1 Å². The van der Waals surface area contributed by atoms with Crippen LogP contribution in [0.2, 0.25) is 0 Å². The summed E-state index contributed by atoms with van der Waals surface area (Å²) in [6.07, 6.45) is 0.849. The van der Waals surface area contributed by atoms with Gasteiger partial charge < -0.3 is 9.64 Å². The first kappa shape index (κ1) is 17.0. The van der Waals surface area contributed by atoms with Crippen molar-refractivity contribution in [1.82, 2.24) is 9.88 Å². The number of likely N-dealkylation sites (N-methyl/N-ethyl adjacent to an activating group) is 1. The van der Waals surface area contributed by atoms with Gasteiger partial charge in [0.05, 0.1) is 18.4 Å². The molecule has 2 aromatic heterocycles. The Morgan fingerprint density at radius 1 is 1.58 bits per heavy atom. The summed E-state index contributed by atoms with van der Waals surface area (Å²) < 4.78 is 4.70. The molecule has 3 heterocycles. The molecular weight excluding hydrogens is 342 g/mol. The Labute approximate surface area is 149 Å². The van der Waals surface area contributed by atoms with Crippen molar-refractivity contribution in [3.8, 4) is 16.5 Å². The van der Waals surface area contributed by atoms with Crippen LogP contribution in [0, 0.1) is 11.3 Å². The standard InChI is InChI=1S/C17H17N3O2S2/c1-20-6-5-13-12(9-20)16(14-4-3-7-23-14)11(8-18)17(19-13)24-10-15(21)22-2/h3-4,7H,5-6,9-10H2,1-2H3. The van der Waals surface area contributed by atoms with E-state index in [1.54, 1.807) is 11.3 Å². The molecular formula is C17H17N3O2S2. The number of methoxy groups -OCH3 is 1. The number of hydrogen-bond acceptors (Lipinski definition) is 7. The smallest absolute Gasteiger partial charge is 0.316 e. The third-order valence-corrected chi connectivity index (χ3v) is 5.78. The maximum Gasteiger partial charge on any atom is 0.316 e. The van der Waals surface area contributed by atoms with Crippen LogP contribution >= 0.6 is 23.1 Å². The summed E-state index contributed by atoms with van der Waals surface area (Å²) in [7, 11) is 3.44. The van der Waals surface area contributed by atoms with Crippen LogP contribution in [0.25, 0.3) is 10.4 Å². The number of ether oxygens (including phenoxy) is 1. The van der Waals surface area contributed by atoms with E-state index in [2.05, 4.69) is 18.0 Å². The number of aromatic nitrogens is 1. The summed E-state index contributed by atoms with van der Waals surface area (Å²) >= 11 is 2.89. The second kappa shape index (κ2) is 7.34. The van der Waals surface area contributed by atoms with Gasteiger partial charge in [0.1, 0.15) is 11.1 Å². The van der Waals surface area contributed by atoms with Crippen LogP contribution in [0.15, 0.2) is 22.5 Å². The van der Waals surface area contributed by atoms with Crippen LogP contribution in [-0.2, 0) is 22.5 Å². The summed E-state index contributed by atoms with van der Waals surface area (Å²) in [5, 5.41) is 12.4. The number of thioether (sulfide) groups is 1. The number of rotatable bonds is 4. The lowest BCUT2D eigenvalue weighted by molar-refractivity contribution is -0.137. The van der Waals surface area contributed by atoms with E-state index in [1.165, 1.54) is 18.9 Å². The summed E-state index contributed by atoms with van der Waals surface area (Å²) in [5.41, 5.74) is 3.69. The number of carbonyl (C=O) groups excluding carboxylic acids is 1. The van der Waals surface area contributed by atoms with Crippen molar-refractivity contribution in [3.63, 3.8) is 0 Å². The molecule has 0 amide bonds. The van der Waals surface area contributed by atoms with E-state index >= 15 is 0 Å². The van der Waals surface area contributed by atoms with Crippen molar-refractivity contribution in [2.45, 2.75) is 18.0 Å². The Morgan fingerprint density at radius 3 is 3.08 bits per heavy atom. The van der Waals surface area contributed by atoms with Crippen LogP contribution in [0.1, 0.15) is 16.8 Å². The molecule has 1 aliphatic heterocycles. The van der Waals surface area contributed by atoms with Crippen molar-refractivity contribution in [1.29, 1.82) is 5.26 Å². The van der Waals surface area contributed by atoms with Crippen LogP contribution in [-0.4, -0.2) is 42.3 Å². The molecule has 0 saturated heterocycles. The monoisotopic (exact) mass is 359 g/mol. The number of hydrogen-bond donors (Lipinski definition) is 0. The highest BCUT2D eigenvalue weighted by Crippen LogP contribution is 2.38. The Morgan fingerprint density at radius 2 is 2.42 bits per heavy atom. The highest BCUT2D eigenvalue weighted by molar-refractivity contribution is 7.99. The number of esters is 1. The van der Waals surface area contributed by atoms with E-state index < -0.39 is 0 Å². The van der Waals surface area contributed by atoms with Crippen molar-refractivity contribution in [3.05, 3.63) is 34.3 Å². The topological polar surface area (TPSA) is 66.2 Å². The molecule has 3 rings (SSSR count). The van der Waals surface area contributed by atoms with E-state index in [9.17, 15) is 10.1 Å². The average molecular weight is 359 g/mol. The molecule has 0 spiro atoms. The Bertz CT molecular complexity index is 797. The van der Waals surface area contributed by atoms with Gasteiger partial charge in [-0.2, -0.15) is 5.26 Å². The average Bonchev–Trinajstić information content (AvgIpc) is 3.12. The predicted molar refractivity (Wildman–Crippen MR) is 95.0 cm³/mol. The largest absolute Gasteiger partial charge is 0.468 e. The van der Waals surface area contributed by atoms with Gasteiger partial charge in [-0.25, -0.2) is 4.98 Å². The van der Waals surface area contributed by atoms with Gasteiger partial charge in [0.15, 0.2) is 0 Å². The number of nitriles is 1. The Balaban J connectivity index is 2.13. The number of thiophene rings is 1. The molecule has 0 bridgehead atoms. The summed E-state index contributed by atoms with van der Waals surface area (Å²) in [4.78, 5) is 19.5. The molecule has 124 valence electrons. The molecule has 1 aliphatic rings. The van der Waals surface area contributed by atoms with Crippen molar-refractivity contribution < 1.29 is 9.53 Å². The van der Waals surface area contributed by atoms with Crippen LogP contribution < -0.4 is 0 Å². The fourth-order valence-electron chi connectivity index (χ4n) is 2.76. The van der Waals surface area contributed by atoms with Gasteiger partial charge in [0, 0.05) is 35.6 Å². The molecule has 0 atom stereocenters. The third kappa shape index (κ3) is 3.31. The Kier molecular flexibility index (Phi) is 5.19. The van der Waals surface area contributed by atoms with Gasteiger partial charge >= 0.3 is 5.97 Å². The number of carbonyl (C=O) groups is 1. The van der Waals surface area contributed by atoms with Crippen LogP contribution in [0.4, 0.5) is 0 Å². The lowest BCUT2D eigenvalue weighted by atomic mass is 9.96. The molecule has 5 nitrogen and oxygen atoms in total. The van der Waals surface area contributed by atoms with Crippen molar-refractivity contribution in [2.75, 3.05) is 26.5 Å². The molecule has 0 radical (unpaired) electrons. The molecule has 0 saturated carbocycles. The summed E-state index contributed by atoms with van der Waals surface area (Å²) in [6, 6.07) is 6.33. The van der Waals surface area contributed by atoms with Crippen LogP contribution in [0.5, 0.6) is 0 Å². The minimum atomic E-state index is -0.319. The first-order valence-electron chi connectivity index (χ1n) is 7.52. The molecule has 0 N–H and O–H groups in total. The first-order valence-corrected chi connectivity index (χ1v) is 9.38. The lowest BCUT2D eigenvalue weighted by Crippen LogP contribution is -2.28. The fraction of sp³-hybridized carbons (Fsp3) is 0.353. The van der Waals surface area contributed by atoms with Gasteiger partial charge in [-0.15, -0.1) is 11.3 Å². The summed E-state index contributed by atoms with van der Waals surface area (Å²) in [5.74, 6) is -0.165. The van der Waals surface area contributed by atoms with Gasteiger partial charge in [-0.05, 0) is 24.1 Å². The quantitative estimate of drug-likeness (QED) is 0.618. The predicted octanol–water partition coefficient (Wildman–Crippen LogP) is 2.93. The third-order valence-electron chi connectivity index (χ3n) is 3.94. The second-order valence-corrected chi connectivity index (χ2v) is 7.45. The molecule has 2 aromatic rings. The minimum absolute atomic E-state index is 0.154. The molecule has 0 aliphatic carbocycles. The number of pyridine rings is 1. The van der Waals surface area contributed by atoms with Gasteiger partial charge in [-0.3, -0.25) is 4.79 Å². The SMILES string of the molecule is COC(=O)CSc1nc2c(c(-c3cccs3)c1C#N)CN(C)CC2. The fourth-order valence-corrected chi connectivity index (χ4v) is 4.40.